The molecule has 0 spiro atoms. The van der Waals surface area contributed by atoms with Crippen molar-refractivity contribution in [2.24, 2.45) is 0 Å². The molecule has 1 fully saturated rings. The number of ether oxygens (including phenoxy) is 1. The first-order valence-electron chi connectivity index (χ1n) is 10.9. The molecule has 1 aliphatic heterocycles. The lowest BCUT2D eigenvalue weighted by Gasteiger charge is -2.26. The number of aliphatic hydroxyl groups is 1. The van der Waals surface area contributed by atoms with E-state index in [4.69, 9.17) is 4.74 Å². The van der Waals surface area contributed by atoms with E-state index in [1.807, 2.05) is 13.8 Å². The molecular weight excluding hydrogens is 434 g/mol. The lowest BCUT2D eigenvalue weighted by molar-refractivity contribution is -0.132. The van der Waals surface area contributed by atoms with E-state index in [1.165, 1.54) is 24.3 Å². The molecule has 4 rings (SSSR count). The third-order valence-electron chi connectivity index (χ3n) is 5.68. The second-order valence-corrected chi connectivity index (χ2v) is 8.08. The van der Waals surface area contributed by atoms with Crippen molar-refractivity contribution >= 4 is 23.1 Å². The van der Waals surface area contributed by atoms with Gasteiger partial charge in [-0.2, -0.15) is 0 Å². The number of ketones is 1. The zero-order valence-corrected chi connectivity index (χ0v) is 18.9. The molecule has 1 aliphatic rings. The number of carbonyl (C=O) groups is 2. The minimum absolute atomic E-state index is 0.0614. The average molecular weight is 459 g/mol. The Kier molecular flexibility index (Phi) is 6.27. The highest BCUT2D eigenvalue weighted by atomic mass is 16.5. The number of hydrogen-bond donors (Lipinski definition) is 3. The zero-order chi connectivity index (χ0) is 24.4. The van der Waals surface area contributed by atoms with Gasteiger partial charge in [-0.3, -0.25) is 14.5 Å². The number of rotatable bonds is 6. The lowest BCUT2D eigenvalue weighted by atomic mass is 9.94. The lowest BCUT2D eigenvalue weighted by Crippen LogP contribution is -2.29. The van der Waals surface area contributed by atoms with Gasteiger partial charge in [0, 0.05) is 5.56 Å². The fourth-order valence-corrected chi connectivity index (χ4v) is 4.09. The summed E-state index contributed by atoms with van der Waals surface area (Å²) in [5, 5.41) is 31.7. The molecule has 1 unspecified atom stereocenters. The number of hydrogen-bond acceptors (Lipinski definition) is 6. The fraction of sp³-hybridized carbons (Fsp3) is 0.185. The number of Topliss-reactive ketones (excluding diaryl/α,β-unsaturated/α-hetero) is 1. The number of benzene rings is 3. The minimum atomic E-state index is -1.06. The normalized spacial score (nSPS) is 17.2. The van der Waals surface area contributed by atoms with Gasteiger partial charge in [-0.25, -0.2) is 0 Å². The number of aliphatic hydroxyl groups excluding tert-OH is 1. The third-order valence-corrected chi connectivity index (χ3v) is 5.68. The van der Waals surface area contributed by atoms with E-state index in [1.54, 1.807) is 42.5 Å². The van der Waals surface area contributed by atoms with Gasteiger partial charge in [-0.1, -0.05) is 31.2 Å². The standard InChI is InChI=1S/C27H25NO6/c1-3-13-34-22-12-11-18(14-16(22)2)25(31)23-24(17-7-6-8-19(29)15-17)28(27(33)26(23)32)20-9-4-5-10-21(20)30/h4-12,14-15,24,29-31H,3,13H2,1-2H3/b25-23-. The topological polar surface area (TPSA) is 107 Å². The molecule has 0 radical (unpaired) electrons. The van der Waals surface area contributed by atoms with E-state index < -0.39 is 17.7 Å². The van der Waals surface area contributed by atoms with Crippen LogP contribution >= 0.6 is 0 Å². The van der Waals surface area contributed by atoms with Crippen molar-refractivity contribution in [3.8, 4) is 17.2 Å². The highest BCUT2D eigenvalue weighted by Crippen LogP contribution is 2.45. The number of nitrogens with zero attached hydrogens (tertiary/aromatic N) is 1. The molecule has 7 nitrogen and oxygen atoms in total. The van der Waals surface area contributed by atoms with Crippen LogP contribution in [-0.4, -0.2) is 33.6 Å². The molecule has 174 valence electrons. The maximum Gasteiger partial charge on any atom is 0.300 e. The van der Waals surface area contributed by atoms with E-state index in [2.05, 4.69) is 0 Å². The number of para-hydroxylation sites is 2. The first kappa shape index (κ1) is 22.9. The molecule has 7 heteroatoms. The number of anilines is 1. The van der Waals surface area contributed by atoms with Gasteiger partial charge in [0.05, 0.1) is 23.9 Å². The second-order valence-electron chi connectivity index (χ2n) is 8.08. The Morgan fingerprint density at radius 1 is 1.00 bits per heavy atom. The Bertz CT molecular complexity index is 1300. The second kappa shape index (κ2) is 9.31. The molecule has 0 bridgehead atoms. The maximum absolute atomic E-state index is 13.2. The van der Waals surface area contributed by atoms with Crippen LogP contribution in [0.25, 0.3) is 5.76 Å². The molecule has 3 N–H and O–H groups in total. The van der Waals surface area contributed by atoms with Crippen LogP contribution in [0.5, 0.6) is 17.2 Å². The molecule has 3 aromatic rings. The van der Waals surface area contributed by atoms with Crippen molar-refractivity contribution in [3.05, 3.63) is 89.0 Å². The Morgan fingerprint density at radius 3 is 2.44 bits per heavy atom. The molecule has 3 aromatic carbocycles. The van der Waals surface area contributed by atoms with E-state index in [0.29, 0.717) is 23.5 Å². The monoisotopic (exact) mass is 459 g/mol. The van der Waals surface area contributed by atoms with Gasteiger partial charge in [0.15, 0.2) is 0 Å². The molecule has 0 aromatic heterocycles. The summed E-state index contributed by atoms with van der Waals surface area (Å²) >= 11 is 0. The van der Waals surface area contributed by atoms with Crippen LogP contribution in [0, 0.1) is 6.92 Å². The SMILES string of the molecule is CCCOc1ccc(/C(O)=C2/C(=O)C(=O)N(c3ccccc3O)C2c2cccc(O)c2)cc1C. The fourth-order valence-electron chi connectivity index (χ4n) is 4.09. The van der Waals surface area contributed by atoms with Crippen molar-refractivity contribution in [2.45, 2.75) is 26.3 Å². The number of amides is 1. The predicted octanol–water partition coefficient (Wildman–Crippen LogP) is 4.82. The average Bonchev–Trinajstić information content (AvgIpc) is 3.08. The number of phenolic OH excluding ortho intramolecular Hbond substituents is 2. The van der Waals surface area contributed by atoms with Gasteiger partial charge in [-0.15, -0.1) is 0 Å². The van der Waals surface area contributed by atoms with Gasteiger partial charge < -0.3 is 20.1 Å². The number of aryl methyl sites for hydroxylation is 1. The Morgan fingerprint density at radius 2 is 1.76 bits per heavy atom. The Balaban J connectivity index is 1.90. The van der Waals surface area contributed by atoms with Gasteiger partial charge >= 0.3 is 0 Å². The molecule has 0 saturated carbocycles. The van der Waals surface area contributed by atoms with Crippen LogP contribution in [0.1, 0.15) is 36.1 Å². The molecule has 1 amide bonds. The predicted molar refractivity (Wildman–Crippen MR) is 128 cm³/mol. The summed E-state index contributed by atoms with van der Waals surface area (Å²) in [6.07, 6.45) is 0.848. The summed E-state index contributed by atoms with van der Waals surface area (Å²) in [6, 6.07) is 16.2. The maximum atomic E-state index is 13.2. The number of carbonyl (C=O) groups excluding carboxylic acids is 2. The van der Waals surface area contributed by atoms with Crippen LogP contribution < -0.4 is 9.64 Å². The molecule has 0 aliphatic carbocycles. The Labute approximate surface area is 197 Å². The van der Waals surface area contributed by atoms with Gasteiger partial charge in [0.1, 0.15) is 23.0 Å². The number of aromatic hydroxyl groups is 2. The van der Waals surface area contributed by atoms with Crippen LogP contribution in [0.15, 0.2) is 72.3 Å². The Hall–Kier alpha value is -4.26. The zero-order valence-electron chi connectivity index (χ0n) is 18.9. The highest BCUT2D eigenvalue weighted by molar-refractivity contribution is 6.51. The molecule has 34 heavy (non-hydrogen) atoms. The third kappa shape index (κ3) is 4.08. The van der Waals surface area contributed by atoms with E-state index in [9.17, 15) is 24.9 Å². The quantitative estimate of drug-likeness (QED) is 0.277. The van der Waals surface area contributed by atoms with Crippen molar-refractivity contribution in [1.82, 2.24) is 0 Å². The minimum Gasteiger partial charge on any atom is -0.508 e. The summed E-state index contributed by atoms with van der Waals surface area (Å²) in [6.45, 7) is 4.38. The van der Waals surface area contributed by atoms with Crippen molar-refractivity contribution in [1.29, 1.82) is 0 Å². The van der Waals surface area contributed by atoms with Crippen molar-refractivity contribution in [3.63, 3.8) is 0 Å². The van der Waals surface area contributed by atoms with E-state index >= 15 is 0 Å². The molecular formula is C27H25NO6. The van der Waals surface area contributed by atoms with Gasteiger partial charge in [0.2, 0.25) is 0 Å². The first-order chi connectivity index (χ1) is 16.3. The van der Waals surface area contributed by atoms with Gasteiger partial charge in [0.25, 0.3) is 11.7 Å². The largest absolute Gasteiger partial charge is 0.508 e. The van der Waals surface area contributed by atoms with Crippen LogP contribution in [0.3, 0.4) is 0 Å². The molecule has 1 heterocycles. The molecule has 1 saturated heterocycles. The summed E-state index contributed by atoms with van der Waals surface area (Å²) < 4.78 is 5.69. The summed E-state index contributed by atoms with van der Waals surface area (Å²) in [5.74, 6) is -1.72. The van der Waals surface area contributed by atoms with Gasteiger partial charge in [-0.05, 0) is 66.9 Å². The van der Waals surface area contributed by atoms with Crippen molar-refractivity contribution in [2.75, 3.05) is 11.5 Å². The number of phenols is 2. The van der Waals surface area contributed by atoms with Crippen molar-refractivity contribution < 1.29 is 29.6 Å². The van der Waals surface area contributed by atoms with Crippen LogP contribution in [-0.2, 0) is 9.59 Å². The smallest absolute Gasteiger partial charge is 0.300 e. The van der Waals surface area contributed by atoms with E-state index in [-0.39, 0.29) is 28.5 Å². The van der Waals surface area contributed by atoms with Crippen LogP contribution in [0.2, 0.25) is 0 Å². The summed E-state index contributed by atoms with van der Waals surface area (Å²) in [7, 11) is 0. The van der Waals surface area contributed by atoms with Crippen LogP contribution in [0.4, 0.5) is 5.69 Å². The highest BCUT2D eigenvalue weighted by Gasteiger charge is 2.47. The molecule has 1 atom stereocenters. The summed E-state index contributed by atoms with van der Waals surface area (Å²) in [5.41, 5.74) is 1.50. The first-order valence-corrected chi connectivity index (χ1v) is 10.9. The summed E-state index contributed by atoms with van der Waals surface area (Å²) in [4.78, 5) is 27.5. The van der Waals surface area contributed by atoms with E-state index in [0.717, 1.165) is 16.9 Å².